The van der Waals surface area contributed by atoms with Crippen molar-refractivity contribution in [3.8, 4) is 5.88 Å². The molecule has 1 aromatic rings. The minimum Gasteiger partial charge on any atom is -0.478 e. The third-order valence-corrected chi connectivity index (χ3v) is 2.03. The smallest absolute Gasteiger partial charge is 0.215 e. The highest BCUT2D eigenvalue weighted by atomic mass is 16.5. The van der Waals surface area contributed by atoms with Crippen molar-refractivity contribution in [2.24, 2.45) is 5.92 Å². The Bertz CT molecular complexity index is 287. The average Bonchev–Trinajstić information content (AvgIpc) is 2.18. The van der Waals surface area contributed by atoms with Crippen LogP contribution in [-0.2, 0) is 0 Å². The fourth-order valence-corrected chi connectivity index (χ4v) is 1.17. The summed E-state index contributed by atoms with van der Waals surface area (Å²) >= 11 is 0. The van der Waals surface area contributed by atoms with Crippen molar-refractivity contribution in [3.05, 3.63) is 18.2 Å². The standard InChI is InChI=1S/C12H20N2O/c1-4-13-11-6-5-7-12(14-11)15-9-8-10(2)3/h5-7,10H,4,8-9H2,1-3H3,(H,13,14). The second kappa shape index (κ2) is 6.27. The molecule has 0 aliphatic rings. The second-order valence-corrected chi connectivity index (χ2v) is 3.92. The Hall–Kier alpha value is -1.25. The molecule has 0 spiro atoms. The molecule has 0 bridgehead atoms. The van der Waals surface area contributed by atoms with Crippen LogP contribution in [0.2, 0.25) is 0 Å². The van der Waals surface area contributed by atoms with Crippen LogP contribution in [0, 0.1) is 5.92 Å². The Labute approximate surface area is 91.9 Å². The molecule has 0 saturated carbocycles. The zero-order valence-corrected chi connectivity index (χ0v) is 9.79. The van der Waals surface area contributed by atoms with E-state index in [4.69, 9.17) is 4.74 Å². The molecule has 0 unspecified atom stereocenters. The van der Waals surface area contributed by atoms with Crippen molar-refractivity contribution in [3.63, 3.8) is 0 Å². The summed E-state index contributed by atoms with van der Waals surface area (Å²) in [6.07, 6.45) is 1.06. The van der Waals surface area contributed by atoms with Crippen LogP contribution in [0.5, 0.6) is 5.88 Å². The Morgan fingerprint density at radius 1 is 1.40 bits per heavy atom. The number of rotatable bonds is 6. The molecule has 1 heterocycles. The maximum absolute atomic E-state index is 5.55. The van der Waals surface area contributed by atoms with Gasteiger partial charge in [-0.2, -0.15) is 4.98 Å². The van der Waals surface area contributed by atoms with E-state index >= 15 is 0 Å². The monoisotopic (exact) mass is 208 g/mol. The van der Waals surface area contributed by atoms with Crippen LogP contribution in [0.25, 0.3) is 0 Å². The summed E-state index contributed by atoms with van der Waals surface area (Å²) < 4.78 is 5.55. The predicted octanol–water partition coefficient (Wildman–Crippen LogP) is 2.94. The summed E-state index contributed by atoms with van der Waals surface area (Å²) in [5.41, 5.74) is 0. The topological polar surface area (TPSA) is 34.1 Å². The highest BCUT2D eigenvalue weighted by Crippen LogP contribution is 2.12. The van der Waals surface area contributed by atoms with Crippen molar-refractivity contribution in [2.45, 2.75) is 27.2 Å². The van der Waals surface area contributed by atoms with E-state index in [1.165, 1.54) is 0 Å². The predicted molar refractivity (Wildman–Crippen MR) is 63.4 cm³/mol. The molecule has 15 heavy (non-hydrogen) atoms. The van der Waals surface area contributed by atoms with E-state index in [2.05, 4.69) is 24.1 Å². The molecule has 0 aliphatic heterocycles. The lowest BCUT2D eigenvalue weighted by Crippen LogP contribution is -2.04. The van der Waals surface area contributed by atoms with Crippen molar-refractivity contribution in [1.29, 1.82) is 0 Å². The Balaban J connectivity index is 2.43. The lowest BCUT2D eigenvalue weighted by Gasteiger charge is -2.08. The molecule has 0 atom stereocenters. The summed E-state index contributed by atoms with van der Waals surface area (Å²) in [5.74, 6) is 2.25. The fraction of sp³-hybridized carbons (Fsp3) is 0.583. The molecule has 0 aliphatic carbocycles. The zero-order valence-electron chi connectivity index (χ0n) is 9.79. The van der Waals surface area contributed by atoms with Crippen LogP contribution >= 0.6 is 0 Å². The summed E-state index contributed by atoms with van der Waals surface area (Å²) in [4.78, 5) is 4.33. The van der Waals surface area contributed by atoms with E-state index in [1.54, 1.807) is 0 Å². The average molecular weight is 208 g/mol. The van der Waals surface area contributed by atoms with E-state index in [1.807, 2.05) is 25.1 Å². The van der Waals surface area contributed by atoms with Gasteiger partial charge in [-0.3, -0.25) is 0 Å². The minimum atomic E-state index is 0.668. The van der Waals surface area contributed by atoms with Gasteiger partial charge in [-0.1, -0.05) is 19.9 Å². The zero-order chi connectivity index (χ0) is 11.1. The van der Waals surface area contributed by atoms with Crippen molar-refractivity contribution in [1.82, 2.24) is 4.98 Å². The van der Waals surface area contributed by atoms with E-state index in [0.717, 1.165) is 25.4 Å². The first-order valence-corrected chi connectivity index (χ1v) is 5.56. The summed E-state index contributed by atoms with van der Waals surface area (Å²) in [6, 6.07) is 5.79. The molecular weight excluding hydrogens is 188 g/mol. The van der Waals surface area contributed by atoms with Gasteiger partial charge in [0.2, 0.25) is 5.88 Å². The number of nitrogens with zero attached hydrogens (tertiary/aromatic N) is 1. The van der Waals surface area contributed by atoms with E-state index in [9.17, 15) is 0 Å². The van der Waals surface area contributed by atoms with E-state index < -0.39 is 0 Å². The van der Waals surface area contributed by atoms with E-state index in [-0.39, 0.29) is 0 Å². The highest BCUT2D eigenvalue weighted by molar-refractivity contribution is 5.36. The first-order chi connectivity index (χ1) is 7.22. The van der Waals surface area contributed by atoms with Crippen molar-refractivity contribution >= 4 is 5.82 Å². The SMILES string of the molecule is CCNc1cccc(OCCC(C)C)n1. The Morgan fingerprint density at radius 3 is 2.87 bits per heavy atom. The number of pyridine rings is 1. The lowest BCUT2D eigenvalue weighted by atomic mass is 10.1. The van der Waals surface area contributed by atoms with Gasteiger partial charge in [0.05, 0.1) is 6.61 Å². The largest absolute Gasteiger partial charge is 0.478 e. The van der Waals surface area contributed by atoms with E-state index in [0.29, 0.717) is 11.8 Å². The highest BCUT2D eigenvalue weighted by Gasteiger charge is 1.98. The number of ether oxygens (including phenoxy) is 1. The first-order valence-electron chi connectivity index (χ1n) is 5.56. The third-order valence-electron chi connectivity index (χ3n) is 2.03. The van der Waals surface area contributed by atoms with Gasteiger partial charge in [-0.15, -0.1) is 0 Å². The maximum atomic E-state index is 5.55. The Kier molecular flexibility index (Phi) is 4.95. The van der Waals surface area contributed by atoms with Gasteiger partial charge in [-0.25, -0.2) is 0 Å². The summed E-state index contributed by atoms with van der Waals surface area (Å²) in [7, 11) is 0. The number of hydrogen-bond acceptors (Lipinski definition) is 3. The second-order valence-electron chi connectivity index (χ2n) is 3.92. The van der Waals surface area contributed by atoms with Gasteiger partial charge in [-0.05, 0) is 25.3 Å². The molecular formula is C12H20N2O. The van der Waals surface area contributed by atoms with Crippen LogP contribution < -0.4 is 10.1 Å². The van der Waals surface area contributed by atoms with Gasteiger partial charge >= 0.3 is 0 Å². The first kappa shape index (κ1) is 11.8. The quantitative estimate of drug-likeness (QED) is 0.780. The molecule has 3 nitrogen and oxygen atoms in total. The minimum absolute atomic E-state index is 0.668. The van der Waals surface area contributed by atoms with Crippen LogP contribution in [0.15, 0.2) is 18.2 Å². The number of anilines is 1. The van der Waals surface area contributed by atoms with Crippen molar-refractivity contribution in [2.75, 3.05) is 18.5 Å². The lowest BCUT2D eigenvalue weighted by molar-refractivity contribution is 0.280. The molecule has 0 fully saturated rings. The number of hydrogen-bond donors (Lipinski definition) is 1. The Morgan fingerprint density at radius 2 is 2.20 bits per heavy atom. The normalized spacial score (nSPS) is 10.4. The molecule has 0 saturated heterocycles. The third kappa shape index (κ3) is 4.68. The molecule has 1 rings (SSSR count). The van der Waals surface area contributed by atoms with Gasteiger partial charge in [0, 0.05) is 12.6 Å². The van der Waals surface area contributed by atoms with Gasteiger partial charge in [0.15, 0.2) is 0 Å². The van der Waals surface area contributed by atoms with Crippen LogP contribution in [0.3, 0.4) is 0 Å². The molecule has 0 aromatic carbocycles. The molecule has 1 N–H and O–H groups in total. The molecule has 0 radical (unpaired) electrons. The summed E-state index contributed by atoms with van der Waals surface area (Å²) in [6.45, 7) is 8.04. The van der Waals surface area contributed by atoms with Crippen molar-refractivity contribution < 1.29 is 4.74 Å². The molecule has 0 amide bonds. The van der Waals surface area contributed by atoms with Gasteiger partial charge in [0.1, 0.15) is 5.82 Å². The van der Waals surface area contributed by atoms with Gasteiger partial charge < -0.3 is 10.1 Å². The van der Waals surface area contributed by atoms with Crippen LogP contribution in [0.4, 0.5) is 5.82 Å². The molecule has 3 heteroatoms. The fourth-order valence-electron chi connectivity index (χ4n) is 1.17. The molecule has 84 valence electrons. The van der Waals surface area contributed by atoms with Gasteiger partial charge in [0.25, 0.3) is 0 Å². The molecule has 1 aromatic heterocycles. The van der Waals surface area contributed by atoms with Crippen LogP contribution in [0.1, 0.15) is 27.2 Å². The number of aromatic nitrogens is 1. The van der Waals surface area contributed by atoms with Crippen LogP contribution in [-0.4, -0.2) is 18.1 Å². The number of nitrogens with one attached hydrogen (secondary N) is 1. The summed E-state index contributed by atoms with van der Waals surface area (Å²) in [5, 5.41) is 3.16. The maximum Gasteiger partial charge on any atom is 0.215 e.